The van der Waals surface area contributed by atoms with Crippen molar-refractivity contribution < 1.29 is 4.74 Å². The molecule has 192 valence electrons. The lowest BCUT2D eigenvalue weighted by molar-refractivity contribution is 0.0277. The molecule has 9 heteroatoms. The Hall–Kier alpha value is -3.98. The van der Waals surface area contributed by atoms with Gasteiger partial charge in [-0.3, -0.25) is 9.36 Å². The Morgan fingerprint density at radius 2 is 1.97 bits per heavy atom. The molecule has 0 aliphatic carbocycles. The first-order chi connectivity index (χ1) is 18.6. The molecule has 1 unspecified atom stereocenters. The molecule has 0 saturated carbocycles. The summed E-state index contributed by atoms with van der Waals surface area (Å²) < 4.78 is 7.49. The topological polar surface area (TPSA) is 96.9 Å². The van der Waals surface area contributed by atoms with Crippen LogP contribution in [0, 0.1) is 0 Å². The third kappa shape index (κ3) is 4.69. The molecule has 5 aromatic rings. The fraction of sp³-hybridized carbons (Fsp3) is 0.207. The molecule has 1 fully saturated rings. The predicted octanol–water partition coefficient (Wildman–Crippen LogP) is 5.53. The van der Waals surface area contributed by atoms with Crippen molar-refractivity contribution in [3.8, 4) is 22.3 Å². The van der Waals surface area contributed by atoms with Crippen molar-refractivity contribution in [1.29, 1.82) is 0 Å². The van der Waals surface area contributed by atoms with Crippen LogP contribution in [0.5, 0.6) is 0 Å². The Balaban J connectivity index is 1.31. The molecule has 38 heavy (non-hydrogen) atoms. The molecule has 0 spiro atoms. The highest BCUT2D eigenvalue weighted by molar-refractivity contribution is 6.33. The monoisotopic (exact) mass is 526 g/mol. The minimum atomic E-state index is -0.147. The van der Waals surface area contributed by atoms with Gasteiger partial charge in [0.15, 0.2) is 0 Å². The number of rotatable bonds is 6. The van der Waals surface area contributed by atoms with E-state index in [0.717, 1.165) is 40.9 Å². The average molecular weight is 527 g/mol. The van der Waals surface area contributed by atoms with Crippen molar-refractivity contribution >= 4 is 34.3 Å². The van der Waals surface area contributed by atoms with Crippen LogP contribution in [-0.4, -0.2) is 39.2 Å². The van der Waals surface area contributed by atoms with Gasteiger partial charge in [0.25, 0.3) is 5.56 Å². The Labute approximate surface area is 224 Å². The molecule has 3 aromatic heterocycles. The number of anilines is 2. The minimum absolute atomic E-state index is 0.0567. The number of hydrogen-bond acceptors (Lipinski definition) is 6. The Bertz CT molecular complexity index is 1640. The van der Waals surface area contributed by atoms with Crippen molar-refractivity contribution in [2.24, 2.45) is 0 Å². The molecule has 1 aliphatic rings. The number of aromatic amines is 1. The van der Waals surface area contributed by atoms with Gasteiger partial charge in [0.05, 0.1) is 12.7 Å². The number of morpholine rings is 1. The number of fused-ring (bicyclic) bond motifs is 1. The van der Waals surface area contributed by atoms with Crippen molar-refractivity contribution in [3.63, 3.8) is 0 Å². The van der Waals surface area contributed by atoms with E-state index < -0.39 is 0 Å². The normalized spacial score (nSPS) is 15.6. The first kappa shape index (κ1) is 24.4. The van der Waals surface area contributed by atoms with Gasteiger partial charge in [-0.15, -0.1) is 0 Å². The largest absolute Gasteiger partial charge is 0.371 e. The summed E-state index contributed by atoms with van der Waals surface area (Å²) in [6.07, 6.45) is 5.56. The predicted molar refractivity (Wildman–Crippen MR) is 151 cm³/mol. The van der Waals surface area contributed by atoms with Gasteiger partial charge >= 0.3 is 0 Å². The van der Waals surface area contributed by atoms with Gasteiger partial charge in [-0.25, -0.2) is 4.98 Å². The van der Waals surface area contributed by atoms with Gasteiger partial charge in [-0.2, -0.15) is 4.98 Å². The lowest BCUT2D eigenvalue weighted by Crippen LogP contribution is -2.33. The van der Waals surface area contributed by atoms with E-state index in [-0.39, 0.29) is 11.7 Å². The highest BCUT2D eigenvalue weighted by Gasteiger charge is 2.17. The maximum Gasteiger partial charge on any atom is 0.260 e. The molecule has 0 radical (unpaired) electrons. The standard InChI is InChI=1S/C29H27ClN6O2/c1-2-36-27-21(13-24(28(36)37)23-8-5-19(14-25(23)30)20-9-10-31-15-20)16-33-29(35-27)34-22-6-3-18(4-7-22)26-17-32-11-12-38-26/h3-10,13-16,26,31-32H,2,11-12,17H2,1H3,(H,33,34,35). The van der Waals surface area contributed by atoms with Gasteiger partial charge in [-0.1, -0.05) is 35.9 Å². The van der Waals surface area contributed by atoms with Gasteiger partial charge in [0, 0.05) is 65.4 Å². The van der Waals surface area contributed by atoms with E-state index >= 15 is 0 Å². The fourth-order valence-electron chi connectivity index (χ4n) is 4.81. The molecular formula is C29H27ClN6O2. The first-order valence-corrected chi connectivity index (χ1v) is 13.0. The zero-order valence-corrected chi connectivity index (χ0v) is 21.6. The number of ether oxygens (including phenoxy) is 1. The number of nitrogens with one attached hydrogen (secondary N) is 3. The van der Waals surface area contributed by atoms with E-state index in [9.17, 15) is 4.79 Å². The highest BCUT2D eigenvalue weighted by atomic mass is 35.5. The van der Waals surface area contributed by atoms with Crippen molar-refractivity contribution in [2.75, 3.05) is 25.0 Å². The fourth-order valence-corrected chi connectivity index (χ4v) is 5.09. The zero-order chi connectivity index (χ0) is 26.1. The van der Waals surface area contributed by atoms with Gasteiger partial charge in [-0.05, 0) is 53.9 Å². The first-order valence-electron chi connectivity index (χ1n) is 12.6. The number of aromatic nitrogens is 4. The van der Waals surface area contributed by atoms with Crippen LogP contribution in [0.4, 0.5) is 11.6 Å². The van der Waals surface area contributed by atoms with Crippen LogP contribution in [0.2, 0.25) is 5.02 Å². The number of halogens is 1. The summed E-state index contributed by atoms with van der Waals surface area (Å²) in [5, 5.41) is 7.88. The number of pyridine rings is 1. The molecule has 6 rings (SSSR count). The zero-order valence-electron chi connectivity index (χ0n) is 20.9. The van der Waals surface area contributed by atoms with Crippen LogP contribution < -0.4 is 16.2 Å². The van der Waals surface area contributed by atoms with E-state index in [2.05, 4.69) is 25.6 Å². The van der Waals surface area contributed by atoms with Crippen molar-refractivity contribution in [2.45, 2.75) is 19.6 Å². The van der Waals surface area contributed by atoms with Crippen LogP contribution in [0.3, 0.4) is 0 Å². The molecular weight excluding hydrogens is 500 g/mol. The van der Waals surface area contributed by atoms with Gasteiger partial charge in [0.1, 0.15) is 5.65 Å². The maximum atomic E-state index is 13.5. The second-order valence-corrected chi connectivity index (χ2v) is 9.59. The lowest BCUT2D eigenvalue weighted by atomic mass is 10.0. The molecule has 3 N–H and O–H groups in total. The third-order valence-corrected chi connectivity index (χ3v) is 7.11. The van der Waals surface area contributed by atoms with E-state index in [0.29, 0.717) is 40.9 Å². The molecule has 1 aliphatic heterocycles. The Morgan fingerprint density at radius 3 is 2.68 bits per heavy atom. The smallest absolute Gasteiger partial charge is 0.260 e. The summed E-state index contributed by atoms with van der Waals surface area (Å²) in [5.74, 6) is 0.420. The van der Waals surface area contributed by atoms with Crippen LogP contribution in [0.25, 0.3) is 33.3 Å². The molecule has 0 bridgehead atoms. The number of hydrogen-bond donors (Lipinski definition) is 3. The van der Waals surface area contributed by atoms with E-state index in [1.807, 2.05) is 73.9 Å². The van der Waals surface area contributed by atoms with E-state index in [1.165, 1.54) is 0 Å². The molecule has 0 amide bonds. The second-order valence-electron chi connectivity index (χ2n) is 9.18. The Kier molecular flexibility index (Phi) is 6.68. The number of H-pyrrole nitrogens is 1. The average Bonchev–Trinajstić information content (AvgIpc) is 3.49. The summed E-state index contributed by atoms with van der Waals surface area (Å²) in [6.45, 7) is 4.79. The summed E-state index contributed by atoms with van der Waals surface area (Å²) in [5.41, 5.74) is 5.60. The summed E-state index contributed by atoms with van der Waals surface area (Å²) in [7, 11) is 0. The van der Waals surface area contributed by atoms with Crippen LogP contribution in [0.15, 0.2) is 78.0 Å². The van der Waals surface area contributed by atoms with Crippen molar-refractivity contribution in [3.05, 3.63) is 94.1 Å². The third-order valence-electron chi connectivity index (χ3n) is 6.80. The van der Waals surface area contributed by atoms with E-state index in [1.54, 1.807) is 10.8 Å². The summed E-state index contributed by atoms with van der Waals surface area (Å²) in [4.78, 5) is 25.8. The molecule has 8 nitrogen and oxygen atoms in total. The minimum Gasteiger partial charge on any atom is -0.371 e. The number of aryl methyl sites for hydroxylation is 1. The lowest BCUT2D eigenvalue weighted by Gasteiger charge is -2.24. The van der Waals surface area contributed by atoms with Gasteiger partial charge < -0.3 is 20.4 Å². The summed E-state index contributed by atoms with van der Waals surface area (Å²) in [6, 6.07) is 17.6. The maximum absolute atomic E-state index is 13.5. The number of nitrogens with zero attached hydrogens (tertiary/aromatic N) is 3. The molecule has 1 saturated heterocycles. The quantitative estimate of drug-likeness (QED) is 0.269. The number of benzene rings is 2. The SMILES string of the molecule is CCn1c(=O)c(-c2ccc(-c3cc[nH]c3)cc2Cl)cc2cnc(Nc3ccc(C4CNCCO4)cc3)nc21. The van der Waals surface area contributed by atoms with Crippen LogP contribution in [-0.2, 0) is 11.3 Å². The Morgan fingerprint density at radius 1 is 1.11 bits per heavy atom. The van der Waals surface area contributed by atoms with Crippen molar-refractivity contribution in [1.82, 2.24) is 24.8 Å². The molecule has 2 aromatic carbocycles. The second kappa shape index (κ2) is 10.4. The van der Waals surface area contributed by atoms with Crippen LogP contribution >= 0.6 is 11.6 Å². The molecule has 4 heterocycles. The molecule has 1 atom stereocenters. The van der Waals surface area contributed by atoms with E-state index in [4.69, 9.17) is 16.3 Å². The van der Waals surface area contributed by atoms with Crippen LogP contribution in [0.1, 0.15) is 18.6 Å². The van der Waals surface area contributed by atoms with Gasteiger partial charge in [0.2, 0.25) is 5.95 Å². The summed E-state index contributed by atoms with van der Waals surface area (Å²) >= 11 is 6.66. The highest BCUT2D eigenvalue weighted by Crippen LogP contribution is 2.32.